The van der Waals surface area contributed by atoms with Crippen LogP contribution < -0.4 is 22.9 Å². The monoisotopic (exact) mass is 809 g/mol. The van der Waals surface area contributed by atoms with Crippen molar-refractivity contribution in [2.24, 2.45) is 22.9 Å². The lowest BCUT2D eigenvalue weighted by molar-refractivity contribution is 0.0702. The van der Waals surface area contributed by atoms with E-state index >= 15 is 0 Å². The van der Waals surface area contributed by atoms with Crippen molar-refractivity contribution < 1.29 is 55.0 Å². The van der Waals surface area contributed by atoms with Gasteiger partial charge < -0.3 is 77.9 Å². The first-order valence-electron chi connectivity index (χ1n) is 16.6. The summed E-state index contributed by atoms with van der Waals surface area (Å²) in [6, 6.07) is 1.98. The zero-order valence-electron chi connectivity index (χ0n) is 29.8. The predicted octanol–water partition coefficient (Wildman–Crippen LogP) is 2.86. The summed E-state index contributed by atoms with van der Waals surface area (Å²) < 4.78 is 38.6. The van der Waals surface area contributed by atoms with Gasteiger partial charge in [-0.25, -0.2) is 0 Å². The Morgan fingerprint density at radius 3 is 0.760 bits per heavy atom. The maximum Gasteiger partial charge on any atom is 0.500 e. The smallest absolute Gasteiger partial charge is 0.390 e. The molecule has 0 saturated heterocycles. The van der Waals surface area contributed by atoms with Crippen LogP contribution in [0.25, 0.3) is 0 Å². The summed E-state index contributed by atoms with van der Waals surface area (Å²) >= 11 is 0. The fourth-order valence-corrected chi connectivity index (χ4v) is 10.8. The second kappa shape index (κ2) is 45.4. The van der Waals surface area contributed by atoms with Gasteiger partial charge in [-0.3, -0.25) is 0 Å². The largest absolute Gasteiger partial charge is 0.500 e. The van der Waals surface area contributed by atoms with Crippen LogP contribution in [-0.2, 0) is 31.0 Å². The van der Waals surface area contributed by atoms with Crippen molar-refractivity contribution in [3.63, 3.8) is 0 Å². The Balaban J connectivity index is -0.0000000780. The Morgan fingerprint density at radius 2 is 0.580 bits per heavy atom. The van der Waals surface area contributed by atoms with Crippen LogP contribution in [0.1, 0.15) is 104 Å². The van der Waals surface area contributed by atoms with E-state index in [1.54, 1.807) is 6.92 Å². The van der Waals surface area contributed by atoms with Gasteiger partial charge in [0, 0.05) is 70.4 Å². The van der Waals surface area contributed by atoms with Crippen molar-refractivity contribution in [3.05, 3.63) is 0 Å². The SMILES string of the molecule is C.C.C.C.CCO[Si](CCCN)(OCC)OCC.CCO[Si](CCCN)(OCC)OCC.CCO[Si](O)(O)CCCN.NCCC[Si](O)(O)O. The first-order chi connectivity index (χ1) is 21.7. The molecule has 20 heteroatoms. The van der Waals surface area contributed by atoms with Crippen LogP contribution in [0.15, 0.2) is 0 Å². The fourth-order valence-electron chi connectivity index (χ4n) is 3.61. The fraction of sp³-hybridized carbons (Fsp3) is 1.00. The molecule has 16 nitrogen and oxygen atoms in total. The second-order valence-electron chi connectivity index (χ2n) is 9.48. The van der Waals surface area contributed by atoms with Crippen LogP contribution in [0.5, 0.6) is 0 Å². The molecule has 0 aromatic carbocycles. The summed E-state index contributed by atoms with van der Waals surface area (Å²) in [4.78, 5) is 43.2. The maximum absolute atomic E-state index is 9.06. The summed E-state index contributed by atoms with van der Waals surface area (Å²) in [5.41, 5.74) is 21.2. The van der Waals surface area contributed by atoms with E-state index in [1.807, 2.05) is 41.5 Å². The van der Waals surface area contributed by atoms with Gasteiger partial charge in [-0.2, -0.15) is 0 Å². The van der Waals surface area contributed by atoms with Gasteiger partial charge in [-0.05, 0) is 100 Å². The second-order valence-corrected chi connectivity index (χ2v) is 19.3. The lowest BCUT2D eigenvalue weighted by Gasteiger charge is -2.28. The highest BCUT2D eigenvalue weighted by atomic mass is 28.4. The van der Waals surface area contributed by atoms with E-state index in [9.17, 15) is 0 Å². The highest BCUT2D eigenvalue weighted by molar-refractivity contribution is 6.61. The van der Waals surface area contributed by atoms with E-state index < -0.39 is 35.2 Å². The summed E-state index contributed by atoms with van der Waals surface area (Å²) in [6.07, 6.45) is 2.87. The molecule has 0 fully saturated rings. The molecule has 13 N–H and O–H groups in total. The Hall–Kier alpha value is 0.228. The summed E-state index contributed by atoms with van der Waals surface area (Å²) in [5.74, 6) is 0. The van der Waals surface area contributed by atoms with Crippen LogP contribution in [0.4, 0.5) is 0 Å². The van der Waals surface area contributed by atoms with E-state index in [0.29, 0.717) is 91.3 Å². The molecule has 0 amide bonds. The molecule has 0 aliphatic carbocycles. The van der Waals surface area contributed by atoms with Crippen LogP contribution in [0.2, 0.25) is 24.2 Å². The quantitative estimate of drug-likeness (QED) is 0.0569. The Labute approximate surface area is 312 Å². The topological polar surface area (TPSA) is 270 Å². The molecule has 0 aliphatic heterocycles. The average molecular weight is 809 g/mol. The van der Waals surface area contributed by atoms with Crippen molar-refractivity contribution >= 4 is 35.2 Å². The third-order valence-corrected chi connectivity index (χ3v) is 14.4. The lowest BCUT2D eigenvalue weighted by atomic mass is 10.5. The standard InChI is InChI=1S/2C9H23NO3Si.C5H15NO3Si.C3H11NO3Si.4CH4/c2*1-4-11-14(12-5-2,13-6-3)9-7-8-10;1-2-9-10(7,8)5-3-4-6;4-2-1-3-8(5,6)7;;;;/h2*4-10H2,1-3H3;7-8H,2-6H2,1H3;5-7H,1-4H2;4*1H4. The Morgan fingerprint density at radius 1 is 0.360 bits per heavy atom. The van der Waals surface area contributed by atoms with E-state index in [0.717, 1.165) is 24.9 Å². The summed E-state index contributed by atoms with van der Waals surface area (Å²) in [5, 5.41) is 0. The molecule has 0 aromatic rings. The zero-order valence-corrected chi connectivity index (χ0v) is 33.8. The molecule has 0 bridgehead atoms. The predicted molar refractivity (Wildman–Crippen MR) is 216 cm³/mol. The molecule has 0 saturated carbocycles. The first-order valence-corrected chi connectivity index (χ1v) is 24.5. The number of hydrogen-bond donors (Lipinski definition) is 9. The molecule has 0 aromatic heterocycles. The number of hydrogen-bond acceptors (Lipinski definition) is 16. The van der Waals surface area contributed by atoms with Crippen molar-refractivity contribution in [2.45, 2.75) is 128 Å². The first kappa shape index (κ1) is 68.3. The Kier molecular flexibility index (Phi) is 62.0. The van der Waals surface area contributed by atoms with Gasteiger partial charge in [0.05, 0.1) is 0 Å². The van der Waals surface area contributed by atoms with Crippen molar-refractivity contribution in [3.8, 4) is 0 Å². The molecule has 0 aliphatic rings. The minimum absolute atomic E-state index is 0. The maximum atomic E-state index is 9.06. The van der Waals surface area contributed by atoms with Crippen LogP contribution in [0.3, 0.4) is 0 Å². The third-order valence-electron chi connectivity index (χ3n) is 5.36. The van der Waals surface area contributed by atoms with Crippen LogP contribution >= 0.6 is 0 Å². The summed E-state index contributed by atoms with van der Waals surface area (Å²) in [7, 11) is -11.9. The highest BCUT2D eigenvalue weighted by Crippen LogP contribution is 2.18. The molecule has 0 radical (unpaired) electrons. The zero-order chi connectivity index (χ0) is 36.4. The van der Waals surface area contributed by atoms with E-state index in [4.69, 9.17) is 77.9 Å². The van der Waals surface area contributed by atoms with E-state index in [2.05, 4.69) is 0 Å². The lowest BCUT2D eigenvalue weighted by Crippen LogP contribution is -2.46. The molecule has 0 spiro atoms. The highest BCUT2D eigenvalue weighted by Gasteiger charge is 2.40. The van der Waals surface area contributed by atoms with Gasteiger partial charge in [0.25, 0.3) is 0 Å². The van der Waals surface area contributed by atoms with Crippen molar-refractivity contribution in [2.75, 3.05) is 72.4 Å². The third kappa shape index (κ3) is 46.2. The van der Waals surface area contributed by atoms with Crippen molar-refractivity contribution in [1.29, 1.82) is 0 Å². The molecule has 0 heterocycles. The molecule has 316 valence electrons. The molecule has 0 atom stereocenters. The molecular weight excluding hydrogens is 721 g/mol. The van der Waals surface area contributed by atoms with Crippen molar-refractivity contribution in [1.82, 2.24) is 0 Å². The van der Waals surface area contributed by atoms with Gasteiger partial charge in [-0.1, -0.05) is 29.7 Å². The normalized spacial score (nSPS) is 11.0. The van der Waals surface area contributed by atoms with Gasteiger partial charge in [0.2, 0.25) is 0 Å². The summed E-state index contributed by atoms with van der Waals surface area (Å²) in [6.45, 7) is 19.8. The molecular formula is C30H88N4O12Si4. The van der Waals surface area contributed by atoms with Gasteiger partial charge in [0.15, 0.2) is 0 Å². The van der Waals surface area contributed by atoms with E-state index in [1.165, 1.54) is 0 Å². The van der Waals surface area contributed by atoms with E-state index in [-0.39, 0.29) is 35.8 Å². The van der Waals surface area contributed by atoms with Gasteiger partial charge >= 0.3 is 35.2 Å². The van der Waals surface area contributed by atoms with Gasteiger partial charge in [-0.15, -0.1) is 0 Å². The molecule has 0 unspecified atom stereocenters. The minimum Gasteiger partial charge on any atom is -0.390 e. The van der Waals surface area contributed by atoms with Gasteiger partial charge in [0.1, 0.15) is 0 Å². The molecule has 0 rings (SSSR count). The van der Waals surface area contributed by atoms with Crippen LogP contribution in [0, 0.1) is 0 Å². The number of nitrogens with two attached hydrogens (primary N) is 4. The van der Waals surface area contributed by atoms with Crippen LogP contribution in [-0.4, -0.2) is 132 Å². The number of rotatable bonds is 26. The Bertz CT molecular complexity index is 559. The minimum atomic E-state index is -3.76. The molecule has 50 heavy (non-hydrogen) atoms. The average Bonchev–Trinajstić information content (AvgIpc) is 2.98.